The van der Waals surface area contributed by atoms with Crippen LogP contribution in [0, 0.1) is 6.92 Å². The highest BCUT2D eigenvalue weighted by Crippen LogP contribution is 2.32. The highest BCUT2D eigenvalue weighted by molar-refractivity contribution is 5.72. The molecule has 0 amide bonds. The third-order valence-electron chi connectivity index (χ3n) is 5.83. The first-order chi connectivity index (χ1) is 15.9. The molecule has 0 saturated carbocycles. The summed E-state index contributed by atoms with van der Waals surface area (Å²) in [6.45, 7) is 23.3. The summed E-state index contributed by atoms with van der Waals surface area (Å²) in [6, 6.07) is 19.2. The molecule has 0 heterocycles. The Balaban J connectivity index is 2.40. The van der Waals surface area contributed by atoms with Gasteiger partial charge in [0.2, 0.25) is 0 Å². The molecule has 0 aromatic heterocycles. The maximum absolute atomic E-state index is 4.49. The van der Waals surface area contributed by atoms with Crippen molar-refractivity contribution in [1.29, 1.82) is 0 Å². The molecule has 33 heavy (non-hydrogen) atoms. The summed E-state index contributed by atoms with van der Waals surface area (Å²) in [4.78, 5) is 0. The molecule has 0 N–H and O–H groups in total. The Hall–Kier alpha value is -3.38. The maximum atomic E-state index is 4.49. The van der Waals surface area contributed by atoms with E-state index in [4.69, 9.17) is 0 Å². The molecule has 0 spiro atoms. The van der Waals surface area contributed by atoms with E-state index in [1.165, 1.54) is 27.8 Å². The largest absolute Gasteiger partial charge is 0.0990 e. The van der Waals surface area contributed by atoms with Crippen LogP contribution in [0.4, 0.5) is 0 Å². The van der Waals surface area contributed by atoms with Gasteiger partial charge in [-0.15, -0.1) is 0 Å². The van der Waals surface area contributed by atoms with Crippen molar-refractivity contribution in [1.82, 2.24) is 0 Å². The Labute approximate surface area is 201 Å². The van der Waals surface area contributed by atoms with Gasteiger partial charge in [-0.25, -0.2) is 0 Å². The molecular formula is C33H38. The summed E-state index contributed by atoms with van der Waals surface area (Å²) in [5.41, 5.74) is 10.7. The lowest BCUT2D eigenvalue weighted by Gasteiger charge is -2.17. The second-order valence-electron chi connectivity index (χ2n) is 8.50. The smallest absolute Gasteiger partial charge is 0.0128 e. The van der Waals surface area contributed by atoms with E-state index in [2.05, 4.69) is 108 Å². The van der Waals surface area contributed by atoms with Gasteiger partial charge in [0.05, 0.1) is 0 Å². The highest BCUT2D eigenvalue weighted by Gasteiger charge is 2.12. The van der Waals surface area contributed by atoms with E-state index in [-0.39, 0.29) is 0 Å². The van der Waals surface area contributed by atoms with Crippen molar-refractivity contribution in [2.45, 2.75) is 46.5 Å². The van der Waals surface area contributed by atoms with Crippen LogP contribution in [0.5, 0.6) is 0 Å². The van der Waals surface area contributed by atoms with Gasteiger partial charge in [-0.2, -0.15) is 0 Å². The van der Waals surface area contributed by atoms with Crippen molar-refractivity contribution in [3.05, 3.63) is 144 Å². The Bertz CT molecular complexity index is 1070. The van der Waals surface area contributed by atoms with Gasteiger partial charge in [0, 0.05) is 0 Å². The van der Waals surface area contributed by atoms with E-state index < -0.39 is 0 Å². The predicted octanol–water partition coefficient (Wildman–Crippen LogP) is 9.84. The molecule has 0 aliphatic heterocycles. The fraction of sp³-hybridized carbons (Fsp3) is 0.212. The number of hydrogen-bond donors (Lipinski definition) is 0. The van der Waals surface area contributed by atoms with Crippen molar-refractivity contribution < 1.29 is 0 Å². The van der Waals surface area contributed by atoms with Gasteiger partial charge < -0.3 is 0 Å². The highest BCUT2D eigenvalue weighted by atomic mass is 14.2. The van der Waals surface area contributed by atoms with Crippen LogP contribution in [0.2, 0.25) is 0 Å². The zero-order valence-corrected chi connectivity index (χ0v) is 20.7. The van der Waals surface area contributed by atoms with Crippen molar-refractivity contribution in [3.63, 3.8) is 0 Å². The quantitative estimate of drug-likeness (QED) is 0.292. The summed E-state index contributed by atoms with van der Waals surface area (Å²) in [6.07, 6.45) is 11.9. The van der Waals surface area contributed by atoms with Crippen molar-refractivity contribution in [2.24, 2.45) is 0 Å². The Morgan fingerprint density at radius 2 is 1.52 bits per heavy atom. The van der Waals surface area contributed by atoms with Crippen LogP contribution in [0.15, 0.2) is 128 Å². The van der Waals surface area contributed by atoms with Crippen molar-refractivity contribution >= 4 is 11.1 Å². The minimum absolute atomic E-state index is 0.897. The predicted molar refractivity (Wildman–Crippen MR) is 149 cm³/mol. The summed E-state index contributed by atoms with van der Waals surface area (Å²) in [5, 5.41) is 0. The SMILES string of the molecule is C=C/C=C(C=C)/C(C(=C)C=C(CCC)c1ccccc1)=C(/C)CCC(=C)c1ccc(C)cc1. The molecule has 0 atom stereocenters. The van der Waals surface area contributed by atoms with Crippen LogP contribution in [0.1, 0.15) is 56.2 Å². The Kier molecular flexibility index (Phi) is 10.4. The molecule has 170 valence electrons. The van der Waals surface area contributed by atoms with E-state index in [1.54, 1.807) is 0 Å². The molecule has 0 radical (unpaired) electrons. The average Bonchev–Trinajstić information content (AvgIpc) is 2.82. The molecule has 0 unspecified atom stereocenters. The second-order valence-corrected chi connectivity index (χ2v) is 8.50. The van der Waals surface area contributed by atoms with E-state index in [9.17, 15) is 0 Å². The number of hydrogen-bond acceptors (Lipinski definition) is 0. The molecule has 0 heteroatoms. The molecular weight excluding hydrogens is 396 g/mol. The number of benzene rings is 2. The zero-order valence-electron chi connectivity index (χ0n) is 20.7. The first kappa shape index (κ1) is 25.9. The van der Waals surface area contributed by atoms with E-state index in [0.717, 1.165) is 48.0 Å². The minimum atomic E-state index is 0.897. The molecule has 0 fully saturated rings. The van der Waals surface area contributed by atoms with Gasteiger partial charge in [0.25, 0.3) is 0 Å². The molecule has 0 saturated heterocycles. The first-order valence-electron chi connectivity index (χ1n) is 11.8. The van der Waals surface area contributed by atoms with Gasteiger partial charge in [0.15, 0.2) is 0 Å². The lowest BCUT2D eigenvalue weighted by molar-refractivity contribution is 0.969. The standard InChI is InChI=1S/C33H38/c1-8-14-29(10-3)33(27(6)21-20-26(5)30-22-18-25(4)19-23-30)28(7)24-32(15-9-2)31-16-12-11-13-17-31/h8,10-14,16-19,22-24H,1,3,5,7,9,15,20-21H2,2,4,6H3/b29-14+,32-24?,33-27-. The summed E-state index contributed by atoms with van der Waals surface area (Å²) < 4.78 is 0. The molecule has 0 nitrogen and oxygen atoms in total. The maximum Gasteiger partial charge on any atom is -0.0128 e. The monoisotopic (exact) mass is 434 g/mol. The van der Waals surface area contributed by atoms with E-state index >= 15 is 0 Å². The molecule has 0 aliphatic rings. The summed E-state index contributed by atoms with van der Waals surface area (Å²) in [5.74, 6) is 0. The summed E-state index contributed by atoms with van der Waals surface area (Å²) in [7, 11) is 0. The Morgan fingerprint density at radius 1 is 0.848 bits per heavy atom. The van der Waals surface area contributed by atoms with Crippen LogP contribution in [0.3, 0.4) is 0 Å². The van der Waals surface area contributed by atoms with Gasteiger partial charge in [-0.1, -0.05) is 130 Å². The fourth-order valence-electron chi connectivity index (χ4n) is 3.99. The molecule has 2 rings (SSSR count). The third-order valence-corrected chi connectivity index (χ3v) is 5.83. The molecule has 0 aliphatic carbocycles. The van der Waals surface area contributed by atoms with Gasteiger partial charge in [-0.3, -0.25) is 0 Å². The van der Waals surface area contributed by atoms with E-state index in [0.29, 0.717) is 0 Å². The normalized spacial score (nSPS) is 12.7. The van der Waals surface area contributed by atoms with Crippen LogP contribution in [0.25, 0.3) is 11.1 Å². The Morgan fingerprint density at radius 3 is 2.09 bits per heavy atom. The van der Waals surface area contributed by atoms with Crippen molar-refractivity contribution in [2.75, 3.05) is 0 Å². The molecule has 2 aromatic rings. The van der Waals surface area contributed by atoms with Crippen LogP contribution >= 0.6 is 0 Å². The first-order valence-corrected chi connectivity index (χ1v) is 11.8. The number of rotatable bonds is 12. The van der Waals surface area contributed by atoms with Crippen LogP contribution in [-0.2, 0) is 0 Å². The lowest BCUT2D eigenvalue weighted by atomic mass is 9.88. The van der Waals surface area contributed by atoms with Crippen molar-refractivity contribution in [3.8, 4) is 0 Å². The van der Waals surface area contributed by atoms with Crippen LogP contribution in [-0.4, -0.2) is 0 Å². The summed E-state index contributed by atoms with van der Waals surface area (Å²) >= 11 is 0. The molecule has 0 bridgehead atoms. The van der Waals surface area contributed by atoms with Crippen LogP contribution < -0.4 is 0 Å². The average molecular weight is 435 g/mol. The van der Waals surface area contributed by atoms with Gasteiger partial charge >= 0.3 is 0 Å². The zero-order chi connectivity index (χ0) is 24.2. The fourth-order valence-corrected chi connectivity index (χ4v) is 3.99. The number of aryl methyl sites for hydroxylation is 1. The van der Waals surface area contributed by atoms with Gasteiger partial charge in [0.1, 0.15) is 0 Å². The lowest BCUT2D eigenvalue weighted by Crippen LogP contribution is -1.97. The molecule has 2 aromatic carbocycles. The minimum Gasteiger partial charge on any atom is -0.0990 e. The third kappa shape index (κ3) is 7.61. The van der Waals surface area contributed by atoms with Gasteiger partial charge in [-0.05, 0) is 72.1 Å². The number of allylic oxidation sites excluding steroid dienone is 10. The topological polar surface area (TPSA) is 0 Å². The second kappa shape index (κ2) is 13.2. The van der Waals surface area contributed by atoms with E-state index in [1.807, 2.05) is 18.2 Å².